The average molecular weight is 217 g/mol. The number of nitrogens with zero attached hydrogens (tertiary/aromatic N) is 1. The molecule has 3 nitrogen and oxygen atoms in total. The molecule has 1 aromatic rings. The third-order valence-electron chi connectivity index (χ3n) is 2.42. The highest BCUT2D eigenvalue weighted by Gasteiger charge is 2.09. The molecular weight excluding hydrogens is 202 g/mol. The average Bonchev–Trinajstić information content (AvgIpc) is 2.29. The second kappa shape index (κ2) is 5.92. The Balaban J connectivity index is 2.92. The van der Waals surface area contributed by atoms with Gasteiger partial charge in [-0.25, -0.2) is 0 Å². The summed E-state index contributed by atoms with van der Waals surface area (Å²) in [4.78, 5) is 11.4. The quantitative estimate of drug-likeness (QED) is 0.760. The number of rotatable bonds is 5. The van der Waals surface area contributed by atoms with E-state index >= 15 is 0 Å². The number of nitriles is 1. The molecule has 0 saturated carbocycles. The number of carbonyl (C=O) groups excluding carboxylic acids is 1. The molecule has 0 aliphatic heterocycles. The summed E-state index contributed by atoms with van der Waals surface area (Å²) < 4.78 is 5.19. The molecular formula is C13H15NO2. The zero-order chi connectivity index (χ0) is 12.0. The molecule has 1 aromatic carbocycles. The molecule has 3 heteroatoms. The monoisotopic (exact) mass is 217 g/mol. The summed E-state index contributed by atoms with van der Waals surface area (Å²) in [6.07, 6.45) is 1.15. The van der Waals surface area contributed by atoms with Crippen molar-refractivity contribution in [2.75, 3.05) is 7.11 Å². The molecule has 0 bridgehead atoms. The molecule has 0 heterocycles. The normalized spacial score (nSPS) is 9.56. The summed E-state index contributed by atoms with van der Waals surface area (Å²) in [5.74, 6) is 0.637. The molecule has 0 saturated heterocycles. The van der Waals surface area contributed by atoms with Crippen LogP contribution in [0.15, 0.2) is 18.2 Å². The van der Waals surface area contributed by atoms with Gasteiger partial charge in [-0.3, -0.25) is 4.79 Å². The van der Waals surface area contributed by atoms with Crippen LogP contribution in [0.5, 0.6) is 5.75 Å². The van der Waals surface area contributed by atoms with Crippen molar-refractivity contribution in [2.45, 2.75) is 26.2 Å². The first-order valence-electron chi connectivity index (χ1n) is 5.25. The smallest absolute Gasteiger partial charge is 0.151 e. The fraction of sp³-hybridized carbons (Fsp3) is 0.385. The predicted octanol–water partition coefficient (Wildman–Crippen LogP) is 2.28. The van der Waals surface area contributed by atoms with Crippen LogP contribution in [0.25, 0.3) is 0 Å². The summed E-state index contributed by atoms with van der Waals surface area (Å²) >= 11 is 0. The minimum atomic E-state index is -0.0750. The zero-order valence-corrected chi connectivity index (χ0v) is 9.62. The van der Waals surface area contributed by atoms with Gasteiger partial charge in [0, 0.05) is 12.0 Å². The van der Waals surface area contributed by atoms with Gasteiger partial charge in [-0.1, -0.05) is 19.1 Å². The number of benzene rings is 1. The molecule has 0 amide bonds. The van der Waals surface area contributed by atoms with E-state index in [4.69, 9.17) is 10.00 Å². The van der Waals surface area contributed by atoms with E-state index in [0.717, 1.165) is 12.0 Å². The summed E-state index contributed by atoms with van der Waals surface area (Å²) in [6, 6.07) is 7.68. The highest BCUT2D eigenvalue weighted by molar-refractivity contribution is 5.83. The number of hydrogen-bond acceptors (Lipinski definition) is 3. The first kappa shape index (κ1) is 12.3. The molecule has 0 radical (unpaired) electrons. The minimum absolute atomic E-state index is 0.0422. The topological polar surface area (TPSA) is 50.1 Å². The number of ether oxygens (including phenoxy) is 1. The Morgan fingerprint density at radius 3 is 2.81 bits per heavy atom. The van der Waals surface area contributed by atoms with Crippen molar-refractivity contribution < 1.29 is 9.53 Å². The van der Waals surface area contributed by atoms with Crippen LogP contribution < -0.4 is 4.74 Å². The van der Waals surface area contributed by atoms with Gasteiger partial charge in [-0.15, -0.1) is 0 Å². The molecule has 0 aromatic heterocycles. The largest absolute Gasteiger partial charge is 0.496 e. The maximum absolute atomic E-state index is 11.4. The molecule has 1 rings (SSSR count). The van der Waals surface area contributed by atoms with Crippen molar-refractivity contribution >= 4 is 5.78 Å². The predicted molar refractivity (Wildman–Crippen MR) is 61.3 cm³/mol. The lowest BCUT2D eigenvalue weighted by molar-refractivity contribution is -0.117. The van der Waals surface area contributed by atoms with E-state index < -0.39 is 0 Å². The van der Waals surface area contributed by atoms with Crippen molar-refractivity contribution in [3.8, 4) is 11.8 Å². The van der Waals surface area contributed by atoms with Gasteiger partial charge >= 0.3 is 0 Å². The van der Waals surface area contributed by atoms with Crippen LogP contribution in [0, 0.1) is 11.3 Å². The standard InChI is InChI=1S/C13H15NO2/c1-3-10-4-5-13(16-2)11(8-10)9-12(15)6-7-14/h4-5,8H,3,6,9H2,1-2H3. The molecule has 0 N–H and O–H groups in total. The Hall–Kier alpha value is -1.82. The van der Waals surface area contributed by atoms with Gasteiger partial charge in [0.25, 0.3) is 0 Å². The van der Waals surface area contributed by atoms with Crippen LogP contribution in [0.2, 0.25) is 0 Å². The van der Waals surface area contributed by atoms with Gasteiger partial charge < -0.3 is 4.74 Å². The lowest BCUT2D eigenvalue weighted by Gasteiger charge is -2.08. The molecule has 0 aliphatic rings. The molecule has 0 fully saturated rings. The highest BCUT2D eigenvalue weighted by Crippen LogP contribution is 2.21. The van der Waals surface area contributed by atoms with E-state index in [9.17, 15) is 4.79 Å². The van der Waals surface area contributed by atoms with Gasteiger partial charge in [-0.2, -0.15) is 5.26 Å². The van der Waals surface area contributed by atoms with Crippen LogP contribution in [0.3, 0.4) is 0 Å². The van der Waals surface area contributed by atoms with Crippen molar-refractivity contribution in [1.29, 1.82) is 5.26 Å². The maximum atomic E-state index is 11.4. The first-order chi connectivity index (χ1) is 7.71. The maximum Gasteiger partial charge on any atom is 0.151 e. The second-order valence-corrected chi connectivity index (χ2v) is 3.55. The number of Topliss-reactive ketones (excluding diaryl/α,β-unsaturated/α-hetero) is 1. The summed E-state index contributed by atoms with van der Waals surface area (Å²) in [7, 11) is 1.58. The molecule has 16 heavy (non-hydrogen) atoms. The SMILES string of the molecule is CCc1ccc(OC)c(CC(=O)CC#N)c1. The minimum Gasteiger partial charge on any atom is -0.496 e. The summed E-state index contributed by atoms with van der Waals surface area (Å²) in [5, 5.41) is 8.44. The van der Waals surface area contributed by atoms with E-state index in [1.165, 1.54) is 5.56 Å². The second-order valence-electron chi connectivity index (χ2n) is 3.55. The third kappa shape index (κ3) is 3.09. The Morgan fingerprint density at radius 1 is 1.50 bits per heavy atom. The van der Waals surface area contributed by atoms with Gasteiger partial charge in [0.1, 0.15) is 5.75 Å². The Labute approximate surface area is 95.7 Å². The number of aryl methyl sites for hydroxylation is 1. The Morgan fingerprint density at radius 2 is 2.25 bits per heavy atom. The van der Waals surface area contributed by atoms with E-state index in [2.05, 4.69) is 6.92 Å². The van der Waals surface area contributed by atoms with E-state index in [1.807, 2.05) is 24.3 Å². The number of hydrogen-bond donors (Lipinski definition) is 0. The van der Waals surface area contributed by atoms with Gasteiger partial charge in [0.2, 0.25) is 0 Å². The molecule has 84 valence electrons. The Kier molecular flexibility index (Phi) is 4.53. The van der Waals surface area contributed by atoms with Crippen LogP contribution in [0.1, 0.15) is 24.5 Å². The highest BCUT2D eigenvalue weighted by atomic mass is 16.5. The zero-order valence-electron chi connectivity index (χ0n) is 9.62. The number of ketones is 1. The Bertz CT molecular complexity index is 418. The number of carbonyl (C=O) groups is 1. The van der Waals surface area contributed by atoms with Crippen molar-refractivity contribution in [2.24, 2.45) is 0 Å². The fourth-order valence-electron chi connectivity index (χ4n) is 1.55. The molecule has 0 spiro atoms. The van der Waals surface area contributed by atoms with Crippen molar-refractivity contribution in [1.82, 2.24) is 0 Å². The van der Waals surface area contributed by atoms with Crippen LogP contribution >= 0.6 is 0 Å². The molecule has 0 aliphatic carbocycles. The van der Waals surface area contributed by atoms with Crippen molar-refractivity contribution in [3.05, 3.63) is 29.3 Å². The number of methoxy groups -OCH3 is 1. The van der Waals surface area contributed by atoms with Gasteiger partial charge in [-0.05, 0) is 18.1 Å². The molecule has 0 unspecified atom stereocenters. The van der Waals surface area contributed by atoms with Gasteiger partial charge in [0.05, 0.1) is 19.6 Å². The lowest BCUT2D eigenvalue weighted by atomic mass is 10.0. The van der Waals surface area contributed by atoms with Crippen LogP contribution in [-0.4, -0.2) is 12.9 Å². The van der Waals surface area contributed by atoms with E-state index in [1.54, 1.807) is 7.11 Å². The lowest BCUT2D eigenvalue weighted by Crippen LogP contribution is -2.03. The van der Waals surface area contributed by atoms with E-state index in [-0.39, 0.29) is 18.6 Å². The summed E-state index contributed by atoms with van der Waals surface area (Å²) in [5.41, 5.74) is 2.03. The van der Waals surface area contributed by atoms with Crippen molar-refractivity contribution in [3.63, 3.8) is 0 Å². The molecule has 0 atom stereocenters. The fourth-order valence-corrected chi connectivity index (χ4v) is 1.55. The van der Waals surface area contributed by atoms with Crippen LogP contribution in [0.4, 0.5) is 0 Å². The third-order valence-corrected chi connectivity index (χ3v) is 2.42. The van der Waals surface area contributed by atoms with Gasteiger partial charge in [0.15, 0.2) is 5.78 Å². The first-order valence-corrected chi connectivity index (χ1v) is 5.25. The summed E-state index contributed by atoms with van der Waals surface area (Å²) in [6.45, 7) is 2.06. The van der Waals surface area contributed by atoms with E-state index in [0.29, 0.717) is 5.75 Å². The van der Waals surface area contributed by atoms with Crippen LogP contribution in [-0.2, 0) is 17.6 Å².